The van der Waals surface area contributed by atoms with Crippen LogP contribution in [0.25, 0.3) is 0 Å². The highest BCUT2D eigenvalue weighted by Crippen LogP contribution is 2.06. The maximum Gasteiger partial charge on any atom is 0.127 e. The SMILES string of the molecule is CC(CNCc1ccccc1F)CN1CCNCC1. The third kappa shape index (κ3) is 4.90. The first-order valence-corrected chi connectivity index (χ1v) is 7.13. The van der Waals surface area contributed by atoms with Gasteiger partial charge in [0.25, 0.3) is 0 Å². The lowest BCUT2D eigenvalue weighted by Gasteiger charge is -2.29. The molecule has 3 nitrogen and oxygen atoms in total. The minimum absolute atomic E-state index is 0.121. The highest BCUT2D eigenvalue weighted by molar-refractivity contribution is 5.16. The Morgan fingerprint density at radius 3 is 2.79 bits per heavy atom. The van der Waals surface area contributed by atoms with Crippen molar-refractivity contribution in [3.05, 3.63) is 35.6 Å². The van der Waals surface area contributed by atoms with E-state index in [1.54, 1.807) is 6.07 Å². The van der Waals surface area contributed by atoms with Crippen LogP contribution in [0.4, 0.5) is 4.39 Å². The number of rotatable bonds is 6. The lowest BCUT2D eigenvalue weighted by atomic mass is 10.1. The van der Waals surface area contributed by atoms with Crippen LogP contribution in [0.1, 0.15) is 12.5 Å². The summed E-state index contributed by atoms with van der Waals surface area (Å²) < 4.78 is 13.4. The number of nitrogens with zero attached hydrogens (tertiary/aromatic N) is 1. The number of benzene rings is 1. The molecule has 0 amide bonds. The Morgan fingerprint density at radius 1 is 1.32 bits per heavy atom. The van der Waals surface area contributed by atoms with E-state index in [1.807, 2.05) is 12.1 Å². The number of hydrogen-bond acceptors (Lipinski definition) is 3. The third-order valence-corrected chi connectivity index (χ3v) is 3.55. The van der Waals surface area contributed by atoms with Gasteiger partial charge in [-0.3, -0.25) is 0 Å². The Hall–Kier alpha value is -0.970. The fourth-order valence-corrected chi connectivity index (χ4v) is 2.49. The number of hydrogen-bond donors (Lipinski definition) is 2. The Morgan fingerprint density at radius 2 is 2.05 bits per heavy atom. The molecule has 1 aromatic carbocycles. The zero-order valence-corrected chi connectivity index (χ0v) is 11.7. The Balaban J connectivity index is 1.66. The maximum atomic E-state index is 13.4. The fraction of sp³-hybridized carbons (Fsp3) is 0.600. The third-order valence-electron chi connectivity index (χ3n) is 3.55. The van der Waals surface area contributed by atoms with Crippen LogP contribution in [0, 0.1) is 11.7 Å². The average Bonchev–Trinajstić information content (AvgIpc) is 2.42. The van der Waals surface area contributed by atoms with Gasteiger partial charge in [-0.05, 0) is 18.5 Å². The largest absolute Gasteiger partial charge is 0.314 e. The van der Waals surface area contributed by atoms with Crippen LogP contribution in [-0.2, 0) is 6.54 Å². The van der Waals surface area contributed by atoms with E-state index in [0.717, 1.165) is 44.8 Å². The summed E-state index contributed by atoms with van der Waals surface area (Å²) in [6.07, 6.45) is 0. The van der Waals surface area contributed by atoms with Crippen molar-refractivity contribution >= 4 is 0 Å². The van der Waals surface area contributed by atoms with Gasteiger partial charge in [0.1, 0.15) is 5.82 Å². The van der Waals surface area contributed by atoms with Crippen molar-refractivity contribution < 1.29 is 4.39 Å². The lowest BCUT2D eigenvalue weighted by Crippen LogP contribution is -2.46. The molecule has 1 atom stereocenters. The second kappa shape index (κ2) is 7.58. The van der Waals surface area contributed by atoms with Gasteiger partial charge in [-0.1, -0.05) is 25.1 Å². The summed E-state index contributed by atoms with van der Waals surface area (Å²) in [7, 11) is 0. The van der Waals surface area contributed by atoms with Crippen molar-refractivity contribution in [2.45, 2.75) is 13.5 Å². The molecule has 1 fully saturated rings. The van der Waals surface area contributed by atoms with E-state index in [0.29, 0.717) is 12.5 Å². The molecule has 0 aliphatic carbocycles. The van der Waals surface area contributed by atoms with Gasteiger partial charge in [0.05, 0.1) is 0 Å². The van der Waals surface area contributed by atoms with Crippen LogP contribution >= 0.6 is 0 Å². The quantitative estimate of drug-likeness (QED) is 0.815. The molecule has 2 rings (SSSR count). The summed E-state index contributed by atoms with van der Waals surface area (Å²) >= 11 is 0. The second-order valence-corrected chi connectivity index (χ2v) is 5.38. The number of halogens is 1. The topological polar surface area (TPSA) is 27.3 Å². The zero-order chi connectivity index (χ0) is 13.5. The standard InChI is InChI=1S/C15H24FN3/c1-13(12-19-8-6-17-7-9-19)10-18-11-14-4-2-3-5-15(14)16/h2-5,13,17-18H,6-12H2,1H3. The van der Waals surface area contributed by atoms with Crippen molar-refractivity contribution in [1.29, 1.82) is 0 Å². The van der Waals surface area contributed by atoms with E-state index in [4.69, 9.17) is 0 Å². The van der Waals surface area contributed by atoms with Gasteiger partial charge in [-0.15, -0.1) is 0 Å². The summed E-state index contributed by atoms with van der Waals surface area (Å²) in [6.45, 7) is 9.36. The van der Waals surface area contributed by atoms with Gasteiger partial charge >= 0.3 is 0 Å². The van der Waals surface area contributed by atoms with Crippen molar-refractivity contribution in [2.24, 2.45) is 5.92 Å². The van der Waals surface area contributed by atoms with Crippen LogP contribution in [0.3, 0.4) is 0 Å². The Labute approximate surface area is 115 Å². The second-order valence-electron chi connectivity index (χ2n) is 5.38. The Bertz CT molecular complexity index is 377. The molecule has 0 aromatic heterocycles. The smallest absolute Gasteiger partial charge is 0.127 e. The summed E-state index contributed by atoms with van der Waals surface area (Å²) in [5.74, 6) is 0.467. The van der Waals surface area contributed by atoms with E-state index >= 15 is 0 Å². The first-order valence-electron chi connectivity index (χ1n) is 7.13. The molecular weight excluding hydrogens is 241 g/mol. The van der Waals surface area contributed by atoms with Gasteiger partial charge in [0, 0.05) is 44.8 Å². The van der Waals surface area contributed by atoms with Crippen LogP contribution in [-0.4, -0.2) is 44.2 Å². The maximum absolute atomic E-state index is 13.4. The fourth-order valence-electron chi connectivity index (χ4n) is 2.49. The first-order chi connectivity index (χ1) is 9.25. The van der Waals surface area contributed by atoms with Crippen LogP contribution < -0.4 is 10.6 Å². The van der Waals surface area contributed by atoms with Gasteiger partial charge in [0.2, 0.25) is 0 Å². The van der Waals surface area contributed by atoms with Crippen molar-refractivity contribution in [1.82, 2.24) is 15.5 Å². The molecule has 0 spiro atoms. The molecule has 0 bridgehead atoms. The molecule has 1 aromatic rings. The van der Waals surface area contributed by atoms with E-state index in [-0.39, 0.29) is 5.82 Å². The molecule has 2 N–H and O–H groups in total. The molecule has 1 saturated heterocycles. The lowest BCUT2D eigenvalue weighted by molar-refractivity contribution is 0.209. The first kappa shape index (κ1) is 14.4. The highest BCUT2D eigenvalue weighted by atomic mass is 19.1. The van der Waals surface area contributed by atoms with Gasteiger partial charge < -0.3 is 15.5 Å². The minimum Gasteiger partial charge on any atom is -0.314 e. The van der Waals surface area contributed by atoms with Crippen molar-refractivity contribution in [3.8, 4) is 0 Å². The van der Waals surface area contributed by atoms with Gasteiger partial charge in [-0.2, -0.15) is 0 Å². The summed E-state index contributed by atoms with van der Waals surface area (Å²) in [6, 6.07) is 6.96. The molecule has 0 radical (unpaired) electrons. The zero-order valence-electron chi connectivity index (χ0n) is 11.7. The molecule has 106 valence electrons. The van der Waals surface area contributed by atoms with E-state index in [1.165, 1.54) is 6.07 Å². The van der Waals surface area contributed by atoms with E-state index in [9.17, 15) is 4.39 Å². The van der Waals surface area contributed by atoms with Crippen LogP contribution in [0.15, 0.2) is 24.3 Å². The molecular formula is C15H24FN3. The van der Waals surface area contributed by atoms with Gasteiger partial charge in [-0.25, -0.2) is 4.39 Å². The average molecular weight is 265 g/mol. The summed E-state index contributed by atoms with van der Waals surface area (Å²) in [5, 5.41) is 6.71. The molecule has 19 heavy (non-hydrogen) atoms. The molecule has 1 aliphatic rings. The molecule has 4 heteroatoms. The molecule has 0 saturated carbocycles. The van der Waals surface area contributed by atoms with E-state index < -0.39 is 0 Å². The number of piperazine rings is 1. The molecule has 1 heterocycles. The molecule has 1 unspecified atom stereocenters. The van der Waals surface area contributed by atoms with Crippen LogP contribution in [0.2, 0.25) is 0 Å². The monoisotopic (exact) mass is 265 g/mol. The predicted molar refractivity (Wildman–Crippen MR) is 76.6 cm³/mol. The summed E-state index contributed by atoms with van der Waals surface area (Å²) in [5.41, 5.74) is 0.747. The normalized spacial score (nSPS) is 18.4. The highest BCUT2D eigenvalue weighted by Gasteiger charge is 2.12. The number of nitrogens with one attached hydrogen (secondary N) is 2. The van der Waals surface area contributed by atoms with Crippen molar-refractivity contribution in [2.75, 3.05) is 39.3 Å². The van der Waals surface area contributed by atoms with Crippen molar-refractivity contribution in [3.63, 3.8) is 0 Å². The van der Waals surface area contributed by atoms with Gasteiger partial charge in [0.15, 0.2) is 0 Å². The Kier molecular flexibility index (Phi) is 5.76. The van der Waals surface area contributed by atoms with Crippen LogP contribution in [0.5, 0.6) is 0 Å². The van der Waals surface area contributed by atoms with E-state index in [2.05, 4.69) is 22.5 Å². The summed E-state index contributed by atoms with van der Waals surface area (Å²) in [4.78, 5) is 2.49. The predicted octanol–water partition coefficient (Wildman–Crippen LogP) is 1.46. The minimum atomic E-state index is -0.121. The molecule has 1 aliphatic heterocycles.